The molecule has 1 aromatic carbocycles. The Balaban J connectivity index is 2.11. The number of amides is 1. The molecule has 1 amide bonds. The van der Waals surface area contributed by atoms with Gasteiger partial charge in [0, 0.05) is 6.54 Å². The number of benzene rings is 1. The van der Waals surface area contributed by atoms with Gasteiger partial charge in [0.05, 0.1) is 5.41 Å². The quantitative estimate of drug-likeness (QED) is 0.845. The van der Waals surface area contributed by atoms with Crippen molar-refractivity contribution in [3.05, 3.63) is 35.4 Å². The summed E-state index contributed by atoms with van der Waals surface area (Å²) >= 11 is 0. The van der Waals surface area contributed by atoms with Gasteiger partial charge in [-0.15, -0.1) is 0 Å². The summed E-state index contributed by atoms with van der Waals surface area (Å²) in [5.41, 5.74) is 1.22. The lowest BCUT2D eigenvalue weighted by Gasteiger charge is -2.28. The third kappa shape index (κ3) is 3.91. The molecule has 1 aliphatic carbocycles. The van der Waals surface area contributed by atoms with Gasteiger partial charge in [-0.3, -0.25) is 14.5 Å². The van der Waals surface area contributed by atoms with E-state index in [1.165, 1.54) is 0 Å². The van der Waals surface area contributed by atoms with Crippen LogP contribution >= 0.6 is 0 Å². The molecule has 5 heteroatoms. The SMILES string of the molecule is Cc1cccc([C@H](C(=O)NCC2(C(=O)O)CCCC2)N(C)C)c1. The molecule has 126 valence electrons. The standard InChI is InChI=1S/C18H26N2O3/c1-13-7-6-8-14(11-13)15(20(2)3)16(21)19-12-18(17(22)23)9-4-5-10-18/h6-8,11,15H,4-5,9-10,12H2,1-3H3,(H,19,21)(H,22,23)/t15-/m1/s1. The van der Waals surface area contributed by atoms with Gasteiger partial charge in [0.2, 0.25) is 5.91 Å². The van der Waals surface area contributed by atoms with Crippen molar-refractivity contribution < 1.29 is 14.7 Å². The molecule has 1 aromatic rings. The summed E-state index contributed by atoms with van der Waals surface area (Å²) in [6, 6.07) is 7.44. The Bertz CT molecular complexity index is 577. The monoisotopic (exact) mass is 318 g/mol. The lowest BCUT2D eigenvalue weighted by molar-refractivity contribution is -0.148. The lowest BCUT2D eigenvalue weighted by Crippen LogP contribution is -2.45. The van der Waals surface area contributed by atoms with Crippen LogP contribution in [0.3, 0.4) is 0 Å². The Hall–Kier alpha value is -1.88. The van der Waals surface area contributed by atoms with Crippen LogP contribution in [0.1, 0.15) is 42.9 Å². The van der Waals surface area contributed by atoms with Crippen molar-refractivity contribution in [2.45, 2.75) is 38.6 Å². The van der Waals surface area contributed by atoms with E-state index in [-0.39, 0.29) is 12.5 Å². The molecule has 1 fully saturated rings. The van der Waals surface area contributed by atoms with E-state index in [1.54, 1.807) is 0 Å². The smallest absolute Gasteiger partial charge is 0.311 e. The van der Waals surface area contributed by atoms with Crippen molar-refractivity contribution in [3.8, 4) is 0 Å². The average molecular weight is 318 g/mol. The van der Waals surface area contributed by atoms with E-state index in [0.29, 0.717) is 12.8 Å². The highest BCUT2D eigenvalue weighted by atomic mass is 16.4. The number of carbonyl (C=O) groups excluding carboxylic acids is 1. The molecule has 0 heterocycles. The van der Waals surface area contributed by atoms with Crippen molar-refractivity contribution in [1.29, 1.82) is 0 Å². The predicted molar refractivity (Wildman–Crippen MR) is 89.2 cm³/mol. The first-order valence-corrected chi connectivity index (χ1v) is 8.10. The second-order valence-corrected chi connectivity index (χ2v) is 6.79. The second-order valence-electron chi connectivity index (χ2n) is 6.79. The van der Waals surface area contributed by atoms with E-state index < -0.39 is 17.4 Å². The molecule has 5 nitrogen and oxygen atoms in total. The van der Waals surface area contributed by atoms with Gasteiger partial charge < -0.3 is 10.4 Å². The molecule has 23 heavy (non-hydrogen) atoms. The third-order valence-electron chi connectivity index (χ3n) is 4.74. The van der Waals surface area contributed by atoms with Crippen molar-refractivity contribution in [2.75, 3.05) is 20.6 Å². The lowest BCUT2D eigenvalue weighted by atomic mass is 9.86. The molecule has 0 radical (unpaired) electrons. The molecule has 1 aliphatic rings. The highest BCUT2D eigenvalue weighted by molar-refractivity contribution is 5.84. The summed E-state index contributed by atoms with van der Waals surface area (Å²) in [6.45, 7) is 2.20. The summed E-state index contributed by atoms with van der Waals surface area (Å²) < 4.78 is 0. The Morgan fingerprint density at radius 2 is 1.96 bits per heavy atom. The highest BCUT2D eigenvalue weighted by Crippen LogP contribution is 2.38. The van der Waals surface area contributed by atoms with Crippen molar-refractivity contribution in [1.82, 2.24) is 10.2 Å². The first-order valence-electron chi connectivity index (χ1n) is 8.10. The van der Waals surface area contributed by atoms with Crippen LogP contribution in [-0.4, -0.2) is 42.5 Å². The molecule has 1 atom stereocenters. The van der Waals surface area contributed by atoms with E-state index >= 15 is 0 Å². The summed E-state index contributed by atoms with van der Waals surface area (Å²) in [7, 11) is 3.71. The summed E-state index contributed by atoms with van der Waals surface area (Å²) in [5.74, 6) is -0.944. The first-order chi connectivity index (χ1) is 10.9. The molecular weight excluding hydrogens is 292 g/mol. The van der Waals surface area contributed by atoms with Gasteiger partial charge in [0.1, 0.15) is 6.04 Å². The van der Waals surface area contributed by atoms with Gasteiger partial charge in [-0.1, -0.05) is 42.7 Å². The zero-order chi connectivity index (χ0) is 17.0. The number of aliphatic carboxylic acids is 1. The Morgan fingerprint density at radius 1 is 1.30 bits per heavy atom. The Kier molecular flexibility index (Phi) is 5.42. The number of aryl methyl sites for hydroxylation is 1. The number of hydrogen-bond donors (Lipinski definition) is 2. The van der Waals surface area contributed by atoms with Crippen LogP contribution in [0.5, 0.6) is 0 Å². The third-order valence-corrected chi connectivity index (χ3v) is 4.74. The normalized spacial score (nSPS) is 17.9. The molecule has 2 rings (SSSR count). The maximum atomic E-state index is 12.7. The van der Waals surface area contributed by atoms with Crippen LogP contribution in [-0.2, 0) is 9.59 Å². The van der Waals surface area contributed by atoms with Gasteiger partial charge in [0.15, 0.2) is 0 Å². The van der Waals surface area contributed by atoms with Crippen molar-refractivity contribution >= 4 is 11.9 Å². The number of rotatable bonds is 6. The average Bonchev–Trinajstić information content (AvgIpc) is 2.95. The summed E-state index contributed by atoms with van der Waals surface area (Å²) in [6.07, 6.45) is 3.10. The van der Waals surface area contributed by atoms with E-state index in [4.69, 9.17) is 0 Å². The minimum Gasteiger partial charge on any atom is -0.481 e. The molecule has 2 N–H and O–H groups in total. The minimum atomic E-state index is -0.799. The topological polar surface area (TPSA) is 69.6 Å². The maximum absolute atomic E-state index is 12.7. The second kappa shape index (κ2) is 7.13. The molecular formula is C18H26N2O3. The van der Waals surface area contributed by atoms with Crippen LogP contribution < -0.4 is 5.32 Å². The fourth-order valence-electron chi connectivity index (χ4n) is 3.40. The fraction of sp³-hybridized carbons (Fsp3) is 0.556. The molecule has 1 saturated carbocycles. The van der Waals surface area contributed by atoms with Gasteiger partial charge in [-0.2, -0.15) is 0 Å². The Morgan fingerprint density at radius 3 is 2.48 bits per heavy atom. The van der Waals surface area contributed by atoms with Gasteiger partial charge in [0.25, 0.3) is 0 Å². The number of carboxylic acids is 1. The number of hydrogen-bond acceptors (Lipinski definition) is 3. The highest BCUT2D eigenvalue weighted by Gasteiger charge is 2.42. The largest absolute Gasteiger partial charge is 0.481 e. The van der Waals surface area contributed by atoms with Crippen LogP contribution in [0.2, 0.25) is 0 Å². The number of nitrogens with zero attached hydrogens (tertiary/aromatic N) is 1. The van der Waals surface area contributed by atoms with E-state index in [9.17, 15) is 14.7 Å². The van der Waals surface area contributed by atoms with Crippen molar-refractivity contribution in [3.63, 3.8) is 0 Å². The Labute approximate surface area is 137 Å². The molecule has 0 spiro atoms. The van der Waals surface area contributed by atoms with Gasteiger partial charge >= 0.3 is 5.97 Å². The maximum Gasteiger partial charge on any atom is 0.311 e. The van der Waals surface area contributed by atoms with E-state index in [1.807, 2.05) is 50.2 Å². The number of nitrogens with one attached hydrogen (secondary N) is 1. The molecule has 0 bridgehead atoms. The molecule has 0 unspecified atom stereocenters. The number of carboxylic acid groups (broad SMARTS) is 1. The van der Waals surface area contributed by atoms with Crippen LogP contribution in [0, 0.1) is 12.3 Å². The number of carbonyl (C=O) groups is 2. The van der Waals surface area contributed by atoms with E-state index in [0.717, 1.165) is 24.0 Å². The predicted octanol–water partition coefficient (Wildman–Crippen LogP) is 2.36. The fourth-order valence-corrected chi connectivity index (χ4v) is 3.40. The van der Waals surface area contributed by atoms with Crippen molar-refractivity contribution in [2.24, 2.45) is 5.41 Å². The number of likely N-dealkylation sites (N-methyl/N-ethyl adjacent to an activating group) is 1. The van der Waals surface area contributed by atoms with Crippen LogP contribution in [0.25, 0.3) is 0 Å². The summed E-state index contributed by atoms with van der Waals surface area (Å²) in [4.78, 5) is 26.1. The van der Waals surface area contributed by atoms with Gasteiger partial charge in [-0.25, -0.2) is 0 Å². The minimum absolute atomic E-state index is 0.145. The summed E-state index contributed by atoms with van der Waals surface area (Å²) in [5, 5.41) is 12.4. The first kappa shape index (κ1) is 17.5. The van der Waals surface area contributed by atoms with E-state index in [2.05, 4.69) is 5.32 Å². The van der Waals surface area contributed by atoms with Crippen LogP contribution in [0.15, 0.2) is 24.3 Å². The van der Waals surface area contributed by atoms with Crippen LogP contribution in [0.4, 0.5) is 0 Å². The molecule has 0 saturated heterocycles. The van der Waals surface area contributed by atoms with Gasteiger partial charge in [-0.05, 0) is 39.4 Å². The zero-order valence-electron chi connectivity index (χ0n) is 14.1. The molecule has 0 aromatic heterocycles. The molecule has 0 aliphatic heterocycles. The zero-order valence-corrected chi connectivity index (χ0v) is 14.1.